The Morgan fingerprint density at radius 1 is 0.489 bits per heavy atom. The van der Waals surface area contributed by atoms with Crippen molar-refractivity contribution in [2.24, 2.45) is 0 Å². The molecule has 1 amide bonds. The zero-order valence-corrected chi connectivity index (χ0v) is 27.2. The Morgan fingerprint density at radius 3 is 1.16 bits per heavy atom. The zero-order valence-electron chi connectivity index (χ0n) is 27.2. The predicted molar refractivity (Wildman–Crippen MR) is 159 cm³/mol. The first kappa shape index (κ1) is 43.0. The summed E-state index contributed by atoms with van der Waals surface area (Å²) in [7, 11) is 0. The van der Waals surface area contributed by atoms with Crippen LogP contribution in [0.1, 0.15) is 27.2 Å². The molecule has 266 valence electrons. The highest BCUT2D eigenvalue weighted by atomic mass is 16.6. The molecule has 45 heavy (non-hydrogen) atoms. The molecule has 0 aromatic rings. The van der Waals surface area contributed by atoms with E-state index < -0.39 is 24.1 Å². The van der Waals surface area contributed by atoms with E-state index in [0.29, 0.717) is 125 Å². The lowest BCUT2D eigenvalue weighted by Crippen LogP contribution is -2.31. The first-order valence-corrected chi connectivity index (χ1v) is 15.2. The van der Waals surface area contributed by atoms with Gasteiger partial charge >= 0.3 is 11.9 Å². The number of aliphatic carboxylic acids is 1. The second-order valence-corrected chi connectivity index (χ2v) is 10.1. The van der Waals surface area contributed by atoms with Crippen LogP contribution in [-0.4, -0.2) is 167 Å². The molecule has 0 fully saturated rings. The third-order valence-electron chi connectivity index (χ3n) is 4.87. The minimum Gasteiger partial charge on any atom is -0.480 e. The van der Waals surface area contributed by atoms with Crippen molar-refractivity contribution in [1.29, 1.82) is 0 Å². The number of amides is 1. The number of ether oxygens (including phenoxy) is 11. The van der Waals surface area contributed by atoms with Crippen molar-refractivity contribution in [3.05, 3.63) is 0 Å². The minimum atomic E-state index is -1.13. The van der Waals surface area contributed by atoms with Crippen molar-refractivity contribution in [2.75, 3.05) is 139 Å². The molecule has 0 atom stereocenters. The van der Waals surface area contributed by atoms with Crippen molar-refractivity contribution >= 4 is 17.8 Å². The van der Waals surface area contributed by atoms with E-state index >= 15 is 0 Å². The van der Waals surface area contributed by atoms with Crippen LogP contribution in [0.15, 0.2) is 0 Å². The lowest BCUT2D eigenvalue weighted by molar-refractivity contribution is -0.156. The van der Waals surface area contributed by atoms with E-state index in [2.05, 4.69) is 10.1 Å². The summed E-state index contributed by atoms with van der Waals surface area (Å²) in [4.78, 5) is 33.2. The monoisotopic (exact) mass is 657 g/mol. The van der Waals surface area contributed by atoms with Gasteiger partial charge in [-0.1, -0.05) is 0 Å². The van der Waals surface area contributed by atoms with Crippen LogP contribution in [0.2, 0.25) is 0 Å². The average Bonchev–Trinajstić information content (AvgIpc) is 2.97. The molecule has 0 aliphatic heterocycles. The molecule has 0 aliphatic rings. The predicted octanol–water partition coefficient (Wildman–Crippen LogP) is 0.0850. The van der Waals surface area contributed by atoms with Gasteiger partial charge in [0.1, 0.15) is 18.8 Å². The SMILES string of the molecule is CC(C)(C)OC(=O)CCOCCOCCOCCOCCOCCOCCOCCOCCOCCNC(=O)COCC(=O)O. The Balaban J connectivity index is 3.14. The van der Waals surface area contributed by atoms with Gasteiger partial charge in [-0.2, -0.15) is 0 Å². The molecule has 0 bridgehead atoms. The second-order valence-electron chi connectivity index (χ2n) is 10.1. The number of esters is 1. The lowest BCUT2D eigenvalue weighted by Gasteiger charge is -2.19. The maximum absolute atomic E-state index is 11.5. The number of nitrogens with one attached hydrogen (secondary N) is 1. The van der Waals surface area contributed by atoms with Crippen LogP contribution in [0.4, 0.5) is 0 Å². The summed E-state index contributed by atoms with van der Waals surface area (Å²) >= 11 is 0. The van der Waals surface area contributed by atoms with Crippen molar-refractivity contribution in [3.63, 3.8) is 0 Å². The van der Waals surface area contributed by atoms with Crippen LogP contribution < -0.4 is 5.32 Å². The molecule has 0 radical (unpaired) electrons. The highest BCUT2D eigenvalue weighted by Gasteiger charge is 2.15. The van der Waals surface area contributed by atoms with Gasteiger partial charge in [0.2, 0.25) is 5.91 Å². The molecular weight excluding hydrogens is 602 g/mol. The van der Waals surface area contributed by atoms with E-state index in [-0.39, 0.29) is 19.0 Å². The second kappa shape index (κ2) is 32.0. The number of carbonyl (C=O) groups excluding carboxylic acids is 2. The molecule has 0 spiro atoms. The van der Waals surface area contributed by atoms with Crippen LogP contribution in [0.5, 0.6) is 0 Å². The topological polar surface area (TPSA) is 185 Å². The average molecular weight is 658 g/mol. The summed E-state index contributed by atoms with van der Waals surface area (Å²) in [6.45, 7) is 12.7. The summed E-state index contributed by atoms with van der Waals surface area (Å²) in [5, 5.41) is 11.0. The molecule has 0 aromatic carbocycles. The first-order chi connectivity index (χ1) is 21.7. The number of rotatable bonds is 34. The van der Waals surface area contributed by atoms with E-state index in [0.717, 1.165) is 0 Å². The molecule has 16 heteroatoms. The van der Waals surface area contributed by atoms with Gasteiger partial charge in [0, 0.05) is 6.54 Å². The Morgan fingerprint density at radius 2 is 0.822 bits per heavy atom. The highest BCUT2D eigenvalue weighted by molar-refractivity contribution is 5.77. The Labute approximate surface area is 266 Å². The summed E-state index contributed by atoms with van der Waals surface area (Å²) in [6.07, 6.45) is 0.222. The summed E-state index contributed by atoms with van der Waals surface area (Å²) in [5.74, 6) is -1.80. The number of carbonyl (C=O) groups is 3. The Hall–Kier alpha value is -1.99. The van der Waals surface area contributed by atoms with Crippen molar-refractivity contribution in [3.8, 4) is 0 Å². The number of carboxylic acids is 1. The molecule has 0 aliphatic carbocycles. The van der Waals surface area contributed by atoms with Gasteiger partial charge in [0.15, 0.2) is 0 Å². The van der Waals surface area contributed by atoms with Gasteiger partial charge < -0.3 is 62.5 Å². The van der Waals surface area contributed by atoms with Gasteiger partial charge in [-0.05, 0) is 20.8 Å². The molecule has 0 aromatic heterocycles. The summed E-state index contributed by atoms with van der Waals surface area (Å²) < 4.78 is 58.5. The molecule has 2 N–H and O–H groups in total. The molecule has 0 heterocycles. The van der Waals surface area contributed by atoms with Gasteiger partial charge in [0.05, 0.1) is 125 Å². The third kappa shape index (κ3) is 38.1. The standard InChI is InChI=1S/C29H55NO15/c1-29(2,3)45-28(34)4-6-35-8-10-37-12-14-39-16-18-41-20-22-43-23-21-42-19-17-40-15-13-38-11-9-36-7-5-30-26(31)24-44-25-27(32)33/h4-25H2,1-3H3,(H,30,31)(H,32,33). The zero-order chi connectivity index (χ0) is 33.3. The highest BCUT2D eigenvalue weighted by Crippen LogP contribution is 2.08. The molecular formula is C29H55NO15. The normalized spacial score (nSPS) is 11.5. The van der Waals surface area contributed by atoms with Gasteiger partial charge in [0.25, 0.3) is 0 Å². The fourth-order valence-corrected chi connectivity index (χ4v) is 2.95. The minimum absolute atomic E-state index is 0.222. The number of carboxylic acid groups (broad SMARTS) is 1. The smallest absolute Gasteiger partial charge is 0.329 e. The first-order valence-electron chi connectivity index (χ1n) is 15.2. The largest absolute Gasteiger partial charge is 0.480 e. The Bertz CT molecular complexity index is 706. The molecule has 16 nitrogen and oxygen atoms in total. The number of hydrogen-bond donors (Lipinski definition) is 2. The van der Waals surface area contributed by atoms with E-state index in [4.69, 9.17) is 52.5 Å². The van der Waals surface area contributed by atoms with Crippen LogP contribution >= 0.6 is 0 Å². The van der Waals surface area contributed by atoms with Crippen LogP contribution in [0.3, 0.4) is 0 Å². The van der Waals surface area contributed by atoms with Crippen molar-refractivity contribution in [1.82, 2.24) is 5.32 Å². The van der Waals surface area contributed by atoms with E-state index in [1.165, 1.54) is 0 Å². The quantitative estimate of drug-likeness (QED) is 0.0700. The molecule has 0 saturated heterocycles. The number of hydrogen-bond acceptors (Lipinski definition) is 14. The van der Waals surface area contributed by atoms with Crippen LogP contribution in [0.25, 0.3) is 0 Å². The van der Waals surface area contributed by atoms with E-state index in [9.17, 15) is 14.4 Å². The summed E-state index contributed by atoms with van der Waals surface area (Å²) in [6, 6.07) is 0. The van der Waals surface area contributed by atoms with Crippen LogP contribution in [-0.2, 0) is 66.5 Å². The fourth-order valence-electron chi connectivity index (χ4n) is 2.95. The van der Waals surface area contributed by atoms with Gasteiger partial charge in [-0.15, -0.1) is 0 Å². The molecule has 0 saturated carbocycles. The van der Waals surface area contributed by atoms with Gasteiger partial charge in [-0.25, -0.2) is 4.79 Å². The summed E-state index contributed by atoms with van der Waals surface area (Å²) in [5.41, 5.74) is -0.482. The van der Waals surface area contributed by atoms with Crippen LogP contribution in [0, 0.1) is 0 Å². The fraction of sp³-hybridized carbons (Fsp3) is 0.897. The van der Waals surface area contributed by atoms with Gasteiger partial charge in [-0.3, -0.25) is 9.59 Å². The molecule has 0 unspecified atom stereocenters. The lowest BCUT2D eigenvalue weighted by atomic mass is 10.2. The van der Waals surface area contributed by atoms with E-state index in [1.54, 1.807) is 0 Å². The van der Waals surface area contributed by atoms with E-state index in [1.807, 2.05) is 20.8 Å². The van der Waals surface area contributed by atoms with Crippen molar-refractivity contribution < 1.29 is 71.6 Å². The Kier molecular flexibility index (Phi) is 30.6. The third-order valence-corrected chi connectivity index (χ3v) is 4.87. The molecule has 0 rings (SSSR count). The maximum atomic E-state index is 11.5. The maximum Gasteiger partial charge on any atom is 0.329 e. The van der Waals surface area contributed by atoms with Crippen molar-refractivity contribution in [2.45, 2.75) is 32.8 Å².